The molecule has 0 saturated heterocycles. The molecule has 0 radical (unpaired) electrons. The van der Waals surface area contributed by atoms with Gasteiger partial charge in [-0.15, -0.1) is 21.5 Å². The van der Waals surface area contributed by atoms with Gasteiger partial charge < -0.3 is 10.1 Å². The molecule has 10 heteroatoms. The number of aromatic nitrogens is 4. The van der Waals surface area contributed by atoms with Gasteiger partial charge in [0.1, 0.15) is 4.83 Å². The molecule has 0 aliphatic carbocycles. The molecule has 212 valence electrons. The number of rotatable bonds is 6. The van der Waals surface area contributed by atoms with Crippen molar-refractivity contribution in [3.05, 3.63) is 93.1 Å². The Morgan fingerprint density at radius 2 is 1.93 bits per heavy atom. The van der Waals surface area contributed by atoms with Crippen LogP contribution in [-0.2, 0) is 22.6 Å². The van der Waals surface area contributed by atoms with Gasteiger partial charge >= 0.3 is 0 Å². The maximum absolute atomic E-state index is 14.2. The smallest absolute Gasteiger partial charge is 0.268 e. The van der Waals surface area contributed by atoms with Crippen LogP contribution in [0, 0.1) is 12.8 Å². The second-order valence-electron chi connectivity index (χ2n) is 10.9. The van der Waals surface area contributed by atoms with E-state index in [4.69, 9.17) is 4.74 Å². The lowest BCUT2D eigenvalue weighted by Crippen LogP contribution is -2.28. The lowest BCUT2D eigenvalue weighted by molar-refractivity contribution is -0.113. The first-order chi connectivity index (χ1) is 20.4. The average molecular weight is 596 g/mol. The summed E-state index contributed by atoms with van der Waals surface area (Å²) in [4.78, 5) is 29.2. The van der Waals surface area contributed by atoms with E-state index in [2.05, 4.69) is 29.4 Å². The van der Waals surface area contributed by atoms with Crippen molar-refractivity contribution in [3.63, 3.8) is 0 Å². The first-order valence-corrected chi connectivity index (χ1v) is 15.7. The van der Waals surface area contributed by atoms with Crippen LogP contribution >= 0.6 is 23.1 Å². The van der Waals surface area contributed by atoms with Gasteiger partial charge in [-0.05, 0) is 47.6 Å². The number of anilines is 1. The van der Waals surface area contributed by atoms with Crippen molar-refractivity contribution < 1.29 is 9.53 Å². The number of thiophene rings is 1. The number of nitrogens with zero attached hydrogens (tertiary/aromatic N) is 4. The molecular weight excluding hydrogens is 567 g/mol. The minimum absolute atomic E-state index is 0.0466. The molecule has 0 spiro atoms. The summed E-state index contributed by atoms with van der Waals surface area (Å²) in [6.07, 6.45) is 0.727. The molecule has 0 fully saturated rings. The number of hydrogen-bond acceptors (Lipinski definition) is 7. The summed E-state index contributed by atoms with van der Waals surface area (Å²) in [5, 5.41) is 15.3. The highest BCUT2D eigenvalue weighted by Gasteiger charge is 2.30. The number of thioether (sulfide) groups is 1. The zero-order valence-electron chi connectivity index (χ0n) is 23.5. The Balaban J connectivity index is 1.31. The van der Waals surface area contributed by atoms with E-state index in [1.807, 2.05) is 78.1 Å². The zero-order valence-corrected chi connectivity index (χ0v) is 25.1. The van der Waals surface area contributed by atoms with Crippen LogP contribution in [0.25, 0.3) is 32.5 Å². The Labute approximate surface area is 250 Å². The molecule has 1 N–H and O–H groups in total. The van der Waals surface area contributed by atoms with Gasteiger partial charge in [-0.3, -0.25) is 9.59 Å². The number of carbonyl (C=O) groups excluding carboxylic acids is 1. The predicted octanol–water partition coefficient (Wildman–Crippen LogP) is 6.38. The van der Waals surface area contributed by atoms with Crippen LogP contribution < -0.4 is 10.9 Å². The fourth-order valence-corrected chi connectivity index (χ4v) is 7.64. The van der Waals surface area contributed by atoms with Gasteiger partial charge in [0.05, 0.1) is 29.5 Å². The molecule has 4 heterocycles. The lowest BCUT2D eigenvalue weighted by Gasteiger charge is -2.26. The highest BCUT2D eigenvalue weighted by molar-refractivity contribution is 7.99. The number of nitrogens with one attached hydrogen (secondary N) is 1. The third-order valence-corrected chi connectivity index (χ3v) is 9.86. The van der Waals surface area contributed by atoms with E-state index in [-0.39, 0.29) is 23.3 Å². The topological polar surface area (TPSA) is 90.5 Å². The molecule has 3 aromatic heterocycles. The summed E-state index contributed by atoms with van der Waals surface area (Å²) < 4.78 is 9.74. The van der Waals surface area contributed by atoms with E-state index >= 15 is 0 Å². The minimum Gasteiger partial charge on any atom is -0.372 e. The van der Waals surface area contributed by atoms with Gasteiger partial charge in [0, 0.05) is 22.4 Å². The van der Waals surface area contributed by atoms with Gasteiger partial charge in [0.15, 0.2) is 5.16 Å². The number of hydrogen-bond donors (Lipinski definition) is 1. The van der Waals surface area contributed by atoms with Crippen molar-refractivity contribution >= 4 is 61.5 Å². The summed E-state index contributed by atoms with van der Waals surface area (Å²) >= 11 is 2.86. The highest BCUT2D eigenvalue weighted by Crippen LogP contribution is 2.37. The van der Waals surface area contributed by atoms with Crippen molar-refractivity contribution in [3.8, 4) is 5.69 Å². The molecular formula is C32H29N5O3S2. The molecule has 1 amide bonds. The molecule has 1 aliphatic rings. The molecule has 42 heavy (non-hydrogen) atoms. The van der Waals surface area contributed by atoms with E-state index < -0.39 is 0 Å². The van der Waals surface area contributed by atoms with Crippen molar-refractivity contribution in [2.45, 2.75) is 45.1 Å². The predicted molar refractivity (Wildman–Crippen MR) is 169 cm³/mol. The van der Waals surface area contributed by atoms with Gasteiger partial charge in [0.25, 0.3) is 5.56 Å². The van der Waals surface area contributed by atoms with Gasteiger partial charge in [-0.1, -0.05) is 74.1 Å². The summed E-state index contributed by atoms with van der Waals surface area (Å²) in [5.74, 6) is 0.751. The van der Waals surface area contributed by atoms with E-state index in [0.717, 1.165) is 43.0 Å². The summed E-state index contributed by atoms with van der Waals surface area (Å²) in [5.41, 5.74) is 3.48. The zero-order chi connectivity index (χ0) is 29.0. The van der Waals surface area contributed by atoms with Crippen LogP contribution in [0.3, 0.4) is 0 Å². The summed E-state index contributed by atoms with van der Waals surface area (Å²) in [6, 6.07) is 21.7. The number of fused-ring (bicyclic) bond motifs is 6. The Morgan fingerprint density at radius 3 is 2.76 bits per heavy atom. The first kappa shape index (κ1) is 26.9. The largest absolute Gasteiger partial charge is 0.372 e. The van der Waals surface area contributed by atoms with Crippen LogP contribution in [0.15, 0.2) is 76.7 Å². The number of ether oxygens (including phenoxy) is 1. The number of benzene rings is 3. The van der Waals surface area contributed by atoms with Crippen molar-refractivity contribution in [1.82, 2.24) is 19.2 Å². The second kappa shape index (κ2) is 10.7. The van der Waals surface area contributed by atoms with E-state index in [1.165, 1.54) is 11.8 Å². The summed E-state index contributed by atoms with van der Waals surface area (Å²) in [6.45, 7) is 6.76. The molecule has 1 atom stereocenters. The molecule has 1 aliphatic heterocycles. The number of carbonyl (C=O) groups is 1. The molecule has 0 bridgehead atoms. The highest BCUT2D eigenvalue weighted by atomic mass is 32.2. The normalized spacial score (nSPS) is 15.1. The fraction of sp³-hybridized carbons (Fsp3) is 0.250. The average Bonchev–Trinajstić information content (AvgIpc) is 3.58. The van der Waals surface area contributed by atoms with Crippen LogP contribution in [-0.4, -0.2) is 36.9 Å². The van der Waals surface area contributed by atoms with Crippen molar-refractivity contribution in [2.24, 2.45) is 5.92 Å². The molecule has 8 nitrogen and oxygen atoms in total. The third kappa shape index (κ3) is 4.59. The molecule has 6 aromatic rings. The Morgan fingerprint density at radius 1 is 1.12 bits per heavy atom. The van der Waals surface area contributed by atoms with E-state index in [0.29, 0.717) is 35.3 Å². The second-order valence-corrected chi connectivity index (χ2v) is 13.0. The molecule has 7 rings (SSSR count). The minimum atomic E-state index is -0.144. The quantitative estimate of drug-likeness (QED) is 0.225. The maximum atomic E-state index is 14.2. The van der Waals surface area contributed by atoms with Gasteiger partial charge in [-0.2, -0.15) is 0 Å². The Kier molecular flexibility index (Phi) is 6.84. The van der Waals surface area contributed by atoms with Crippen LogP contribution in [0.4, 0.5) is 5.69 Å². The fourth-order valence-electron chi connectivity index (χ4n) is 5.61. The first-order valence-electron chi connectivity index (χ1n) is 13.9. The molecule has 3 aromatic carbocycles. The van der Waals surface area contributed by atoms with Crippen molar-refractivity contribution in [1.29, 1.82) is 0 Å². The maximum Gasteiger partial charge on any atom is 0.268 e. The van der Waals surface area contributed by atoms with Gasteiger partial charge in [-0.25, -0.2) is 8.97 Å². The SMILES string of the molecule is Cc1cccc(-n2c(=O)c3c4c(sc3n3c(SCC(=O)Nc5cccc6ccccc56)nnc23)CO[C@H](C(C)C)C4)c1. The van der Waals surface area contributed by atoms with Gasteiger partial charge in [0.2, 0.25) is 11.7 Å². The number of aryl methyl sites for hydroxylation is 1. The van der Waals surface area contributed by atoms with E-state index in [1.54, 1.807) is 15.9 Å². The van der Waals surface area contributed by atoms with Crippen LogP contribution in [0.2, 0.25) is 0 Å². The lowest BCUT2D eigenvalue weighted by atomic mass is 9.96. The van der Waals surface area contributed by atoms with Crippen LogP contribution in [0.5, 0.6) is 0 Å². The summed E-state index contributed by atoms with van der Waals surface area (Å²) in [7, 11) is 0. The number of amides is 1. The third-order valence-electron chi connectivity index (χ3n) is 7.74. The van der Waals surface area contributed by atoms with E-state index in [9.17, 15) is 9.59 Å². The Hall–Kier alpha value is -3.99. The molecule has 0 unspecified atom stereocenters. The van der Waals surface area contributed by atoms with Crippen molar-refractivity contribution in [2.75, 3.05) is 11.1 Å². The standard InChI is InChI=1S/C32H29N5O3S2/c1-18(2)25-15-23-26(16-40-25)42-30-28(23)29(39)36(21-11-6-8-19(3)14-21)31-34-35-32(37(30)31)41-17-27(38)33-24-13-7-10-20-9-4-5-12-22(20)24/h4-14,18,25H,15-17H2,1-3H3,(H,33,38)/t25-/m0/s1. The monoisotopic (exact) mass is 595 g/mol. The Bertz CT molecular complexity index is 2050. The van der Waals surface area contributed by atoms with Crippen LogP contribution in [0.1, 0.15) is 29.9 Å². The molecule has 0 saturated carbocycles.